The molecule has 1 saturated heterocycles. The molecule has 1 rings (SSSR count). The second kappa shape index (κ2) is 3.52. The largest absolute Gasteiger partial charge is 0.393 e. The number of piperidine rings is 1. The van der Waals surface area contributed by atoms with Gasteiger partial charge in [-0.25, -0.2) is 0 Å². The molecule has 1 aliphatic rings. The van der Waals surface area contributed by atoms with Crippen LogP contribution in [-0.2, 0) is 0 Å². The summed E-state index contributed by atoms with van der Waals surface area (Å²) in [5.41, 5.74) is -0.895. The number of aliphatic hydroxyl groups excluding tert-OH is 1. The third-order valence-electron chi connectivity index (χ3n) is 2.50. The average Bonchev–Trinajstić information content (AvgIpc) is 2.06. The molecule has 0 aromatic rings. The van der Waals surface area contributed by atoms with Gasteiger partial charge in [0.25, 0.3) is 0 Å². The Balaban J connectivity index is 2.43. The van der Waals surface area contributed by atoms with Gasteiger partial charge in [-0.15, -0.1) is 0 Å². The quantitative estimate of drug-likeness (QED) is 0.520. The summed E-state index contributed by atoms with van der Waals surface area (Å²) >= 11 is 0. The van der Waals surface area contributed by atoms with Crippen molar-refractivity contribution >= 4 is 0 Å². The smallest absolute Gasteiger partial charge is 0.0889 e. The van der Waals surface area contributed by atoms with E-state index in [0.29, 0.717) is 0 Å². The first-order valence-electron chi connectivity index (χ1n) is 4.21. The van der Waals surface area contributed by atoms with Gasteiger partial charge in [0.05, 0.1) is 12.2 Å². The summed E-state index contributed by atoms with van der Waals surface area (Å²) in [5, 5.41) is 21.7. The molecule has 1 fully saturated rings. The number of hydrogen-bond acceptors (Lipinski definition) is 3. The Labute approximate surface area is 67.4 Å². The second-order valence-corrected chi connectivity index (χ2v) is 3.56. The van der Waals surface area contributed by atoms with Crippen molar-refractivity contribution in [2.45, 2.75) is 25.4 Å². The van der Waals surface area contributed by atoms with E-state index in [1.165, 1.54) is 0 Å². The Morgan fingerprint density at radius 2 is 2.36 bits per heavy atom. The molecule has 2 atom stereocenters. The van der Waals surface area contributed by atoms with Crippen LogP contribution in [0.1, 0.15) is 19.8 Å². The van der Waals surface area contributed by atoms with Crippen molar-refractivity contribution < 1.29 is 10.2 Å². The lowest BCUT2D eigenvalue weighted by Gasteiger charge is -2.34. The van der Waals surface area contributed by atoms with E-state index in [2.05, 4.69) is 5.32 Å². The summed E-state index contributed by atoms with van der Waals surface area (Å²) in [5.74, 6) is 0.209. The minimum Gasteiger partial charge on any atom is -0.393 e. The highest BCUT2D eigenvalue weighted by Gasteiger charge is 2.31. The van der Waals surface area contributed by atoms with Crippen molar-refractivity contribution in [1.82, 2.24) is 5.32 Å². The Bertz CT molecular complexity index is 119. The Morgan fingerprint density at radius 1 is 1.64 bits per heavy atom. The fourth-order valence-corrected chi connectivity index (χ4v) is 1.51. The predicted molar refractivity (Wildman–Crippen MR) is 43.3 cm³/mol. The number of aliphatic hydroxyl groups is 2. The maximum absolute atomic E-state index is 9.66. The van der Waals surface area contributed by atoms with E-state index in [9.17, 15) is 5.11 Å². The van der Waals surface area contributed by atoms with Gasteiger partial charge in [0.2, 0.25) is 0 Å². The van der Waals surface area contributed by atoms with Crippen LogP contribution in [0.5, 0.6) is 0 Å². The van der Waals surface area contributed by atoms with E-state index < -0.39 is 5.60 Å². The normalized spacial score (nSPS) is 31.4. The van der Waals surface area contributed by atoms with Gasteiger partial charge in [-0.05, 0) is 26.3 Å². The second-order valence-electron chi connectivity index (χ2n) is 3.56. The molecule has 66 valence electrons. The third-order valence-corrected chi connectivity index (χ3v) is 2.50. The molecule has 11 heavy (non-hydrogen) atoms. The summed E-state index contributed by atoms with van der Waals surface area (Å²) in [6.45, 7) is 3.43. The fourth-order valence-electron chi connectivity index (χ4n) is 1.51. The van der Waals surface area contributed by atoms with E-state index in [0.717, 1.165) is 25.9 Å². The molecule has 0 saturated carbocycles. The first-order chi connectivity index (χ1) is 5.17. The molecule has 0 bridgehead atoms. The molecule has 1 heterocycles. The van der Waals surface area contributed by atoms with Crippen LogP contribution in [0.2, 0.25) is 0 Å². The summed E-state index contributed by atoms with van der Waals surface area (Å²) in [4.78, 5) is 0. The monoisotopic (exact) mass is 159 g/mol. The van der Waals surface area contributed by atoms with Crippen molar-refractivity contribution in [3.8, 4) is 0 Å². The lowest BCUT2D eigenvalue weighted by atomic mass is 9.84. The Hall–Kier alpha value is -0.120. The number of rotatable bonds is 2. The van der Waals surface area contributed by atoms with Crippen molar-refractivity contribution in [2.24, 2.45) is 5.92 Å². The molecule has 0 aliphatic carbocycles. The average molecular weight is 159 g/mol. The van der Waals surface area contributed by atoms with Gasteiger partial charge in [0, 0.05) is 12.5 Å². The van der Waals surface area contributed by atoms with Crippen LogP contribution in [0.4, 0.5) is 0 Å². The fraction of sp³-hybridized carbons (Fsp3) is 1.00. The summed E-state index contributed by atoms with van der Waals surface area (Å²) in [7, 11) is 0. The molecule has 0 radical (unpaired) electrons. The van der Waals surface area contributed by atoms with Crippen LogP contribution in [-0.4, -0.2) is 35.5 Å². The van der Waals surface area contributed by atoms with E-state index in [4.69, 9.17) is 5.11 Å². The van der Waals surface area contributed by atoms with Crippen molar-refractivity contribution in [3.63, 3.8) is 0 Å². The molecule has 3 nitrogen and oxygen atoms in total. The maximum Gasteiger partial charge on any atom is 0.0889 e. The van der Waals surface area contributed by atoms with Gasteiger partial charge in [0.15, 0.2) is 0 Å². The molecule has 0 unspecified atom stereocenters. The molecule has 1 aliphatic heterocycles. The Kier molecular flexibility index (Phi) is 2.87. The van der Waals surface area contributed by atoms with Gasteiger partial charge in [-0.3, -0.25) is 0 Å². The van der Waals surface area contributed by atoms with Gasteiger partial charge >= 0.3 is 0 Å². The molecule has 0 amide bonds. The van der Waals surface area contributed by atoms with Crippen LogP contribution >= 0.6 is 0 Å². The first-order valence-corrected chi connectivity index (χ1v) is 4.21. The molecule has 3 N–H and O–H groups in total. The standard InChI is InChI=1S/C8H17NO2/c1-8(11,6-10)7-3-2-4-9-5-7/h7,9-11H,2-6H2,1H3/t7-,8-/m1/s1. The van der Waals surface area contributed by atoms with Gasteiger partial charge in [-0.2, -0.15) is 0 Å². The zero-order valence-corrected chi connectivity index (χ0v) is 7.01. The summed E-state index contributed by atoms with van der Waals surface area (Å²) < 4.78 is 0. The van der Waals surface area contributed by atoms with Gasteiger partial charge in [-0.1, -0.05) is 0 Å². The molecule has 0 spiro atoms. The molecule has 0 aromatic carbocycles. The van der Waals surface area contributed by atoms with Crippen LogP contribution in [0, 0.1) is 5.92 Å². The van der Waals surface area contributed by atoms with Crippen molar-refractivity contribution in [2.75, 3.05) is 19.7 Å². The zero-order valence-electron chi connectivity index (χ0n) is 7.01. The summed E-state index contributed by atoms with van der Waals surface area (Å²) in [6.07, 6.45) is 2.11. The number of hydrogen-bond donors (Lipinski definition) is 3. The van der Waals surface area contributed by atoms with E-state index in [1.807, 2.05) is 0 Å². The SMILES string of the molecule is C[C@@](O)(CO)[C@@H]1CCCNC1. The van der Waals surface area contributed by atoms with Crippen LogP contribution in [0.25, 0.3) is 0 Å². The highest BCUT2D eigenvalue weighted by Crippen LogP contribution is 2.22. The molecule has 0 aromatic heterocycles. The van der Waals surface area contributed by atoms with Crippen molar-refractivity contribution in [1.29, 1.82) is 0 Å². The van der Waals surface area contributed by atoms with Crippen molar-refractivity contribution in [3.05, 3.63) is 0 Å². The topological polar surface area (TPSA) is 52.5 Å². The van der Waals surface area contributed by atoms with Crippen LogP contribution in [0.3, 0.4) is 0 Å². The van der Waals surface area contributed by atoms with Gasteiger partial charge < -0.3 is 15.5 Å². The highest BCUT2D eigenvalue weighted by molar-refractivity contribution is 4.85. The first kappa shape index (κ1) is 8.97. The predicted octanol–water partition coefficient (Wildman–Crippen LogP) is -0.271. The van der Waals surface area contributed by atoms with Crippen LogP contribution < -0.4 is 5.32 Å². The highest BCUT2D eigenvalue weighted by atomic mass is 16.3. The van der Waals surface area contributed by atoms with E-state index in [-0.39, 0.29) is 12.5 Å². The zero-order chi connectivity index (χ0) is 8.32. The minimum atomic E-state index is -0.895. The lowest BCUT2D eigenvalue weighted by molar-refractivity contribution is -0.0531. The molecular weight excluding hydrogens is 142 g/mol. The minimum absolute atomic E-state index is 0.140. The number of nitrogens with one attached hydrogen (secondary N) is 1. The maximum atomic E-state index is 9.66. The lowest BCUT2D eigenvalue weighted by Crippen LogP contribution is -2.46. The molecule has 3 heteroatoms. The van der Waals surface area contributed by atoms with E-state index in [1.54, 1.807) is 6.92 Å². The van der Waals surface area contributed by atoms with E-state index >= 15 is 0 Å². The summed E-state index contributed by atoms with van der Waals surface area (Å²) in [6, 6.07) is 0. The molecular formula is C8H17NO2. The van der Waals surface area contributed by atoms with Crippen LogP contribution in [0.15, 0.2) is 0 Å². The van der Waals surface area contributed by atoms with Gasteiger partial charge in [0.1, 0.15) is 0 Å². The third kappa shape index (κ3) is 2.15. The Morgan fingerprint density at radius 3 is 2.82 bits per heavy atom.